The van der Waals surface area contributed by atoms with Crippen LogP contribution in [0.4, 0.5) is 0 Å². The minimum Gasteiger partial charge on any atom is -0.313 e. The van der Waals surface area contributed by atoms with Gasteiger partial charge >= 0.3 is 0 Å². The molecule has 1 aliphatic heterocycles. The quantitative estimate of drug-likeness (QED) is 0.765. The maximum atomic E-state index is 3.70. The topological polar surface area (TPSA) is 15.3 Å². The Bertz CT molecular complexity index is 213. The molecule has 1 heterocycles. The molecule has 2 rings (SSSR count). The summed E-state index contributed by atoms with van der Waals surface area (Å²) in [5.74, 6) is 1.99. The highest BCUT2D eigenvalue weighted by molar-refractivity contribution is 4.83. The van der Waals surface area contributed by atoms with E-state index in [-0.39, 0.29) is 0 Å². The third kappa shape index (κ3) is 4.59. The Hall–Kier alpha value is -0.0800. The first kappa shape index (κ1) is 13.4. The summed E-state index contributed by atoms with van der Waals surface area (Å²) >= 11 is 0. The van der Waals surface area contributed by atoms with Gasteiger partial charge in [-0.2, -0.15) is 0 Å². The first-order valence-corrected chi connectivity index (χ1v) is 7.75. The Morgan fingerprint density at radius 1 is 1.18 bits per heavy atom. The van der Waals surface area contributed by atoms with Gasteiger partial charge in [0.2, 0.25) is 0 Å². The average Bonchev–Trinajstić information content (AvgIpc) is 3.16. The zero-order chi connectivity index (χ0) is 12.1. The van der Waals surface area contributed by atoms with E-state index in [1.54, 1.807) is 0 Å². The highest BCUT2D eigenvalue weighted by atomic mass is 15.1. The van der Waals surface area contributed by atoms with E-state index in [1.165, 1.54) is 64.7 Å². The van der Waals surface area contributed by atoms with E-state index in [0.717, 1.165) is 17.9 Å². The summed E-state index contributed by atoms with van der Waals surface area (Å²) in [6.45, 7) is 9.81. The van der Waals surface area contributed by atoms with Gasteiger partial charge in [0.1, 0.15) is 0 Å². The van der Waals surface area contributed by atoms with Crippen LogP contribution in [0.5, 0.6) is 0 Å². The van der Waals surface area contributed by atoms with E-state index in [2.05, 4.69) is 24.1 Å². The minimum atomic E-state index is 0.755. The Kier molecular flexibility index (Phi) is 5.30. The summed E-state index contributed by atoms with van der Waals surface area (Å²) in [7, 11) is 0. The Balaban J connectivity index is 1.58. The Labute approximate surface area is 107 Å². The summed E-state index contributed by atoms with van der Waals surface area (Å²) in [5.41, 5.74) is 0. The van der Waals surface area contributed by atoms with Gasteiger partial charge in [0, 0.05) is 19.1 Å². The average molecular weight is 238 g/mol. The molecular formula is C15H30N2. The highest BCUT2D eigenvalue weighted by Gasteiger charge is 2.27. The normalized spacial score (nSPS) is 28.9. The lowest BCUT2D eigenvalue weighted by Gasteiger charge is -2.21. The van der Waals surface area contributed by atoms with E-state index in [1.807, 2.05) is 0 Å². The first-order chi connectivity index (χ1) is 8.29. The van der Waals surface area contributed by atoms with Crippen LogP contribution in [-0.4, -0.2) is 37.1 Å². The van der Waals surface area contributed by atoms with Gasteiger partial charge in [0.15, 0.2) is 0 Å². The molecule has 0 bridgehead atoms. The van der Waals surface area contributed by atoms with Crippen molar-refractivity contribution in [2.24, 2.45) is 11.8 Å². The predicted molar refractivity (Wildman–Crippen MR) is 74.3 cm³/mol. The number of hydrogen-bond donors (Lipinski definition) is 1. The maximum absolute atomic E-state index is 3.70. The number of hydrogen-bond acceptors (Lipinski definition) is 2. The van der Waals surface area contributed by atoms with E-state index in [4.69, 9.17) is 0 Å². The van der Waals surface area contributed by atoms with Crippen molar-refractivity contribution >= 4 is 0 Å². The third-order valence-corrected chi connectivity index (χ3v) is 4.74. The van der Waals surface area contributed by atoms with Gasteiger partial charge in [-0.15, -0.1) is 0 Å². The van der Waals surface area contributed by atoms with Gasteiger partial charge in [0.05, 0.1) is 0 Å². The predicted octanol–water partition coefficient (Wildman–Crippen LogP) is 2.89. The van der Waals surface area contributed by atoms with Crippen molar-refractivity contribution in [3.8, 4) is 0 Å². The summed E-state index contributed by atoms with van der Waals surface area (Å²) in [4.78, 5) is 2.67. The molecule has 1 saturated heterocycles. The fourth-order valence-corrected chi connectivity index (χ4v) is 3.07. The van der Waals surface area contributed by atoms with Crippen molar-refractivity contribution < 1.29 is 0 Å². The number of likely N-dealkylation sites (tertiary alicyclic amines) is 1. The van der Waals surface area contributed by atoms with Gasteiger partial charge in [-0.25, -0.2) is 0 Å². The van der Waals surface area contributed by atoms with Crippen molar-refractivity contribution in [2.45, 2.75) is 58.4 Å². The fraction of sp³-hybridized carbons (Fsp3) is 1.00. The van der Waals surface area contributed by atoms with Gasteiger partial charge in [-0.05, 0) is 64.0 Å². The molecule has 2 nitrogen and oxygen atoms in total. The van der Waals surface area contributed by atoms with Crippen LogP contribution >= 0.6 is 0 Å². The molecule has 17 heavy (non-hydrogen) atoms. The van der Waals surface area contributed by atoms with Crippen LogP contribution < -0.4 is 5.32 Å². The third-order valence-electron chi connectivity index (χ3n) is 4.74. The molecule has 0 amide bonds. The standard InChI is InChI=1S/C15H30N2/c1-3-14-5-4-10-17(11-8-14)12-9-16-13(2)15-6-7-15/h13-16H,3-12H2,1-2H3. The number of nitrogens with one attached hydrogen (secondary N) is 1. The molecule has 2 atom stereocenters. The Morgan fingerprint density at radius 3 is 2.71 bits per heavy atom. The Morgan fingerprint density at radius 2 is 2.00 bits per heavy atom. The number of nitrogens with zero attached hydrogens (tertiary/aromatic N) is 1. The molecule has 0 spiro atoms. The molecule has 1 saturated carbocycles. The molecule has 1 N–H and O–H groups in total. The molecule has 0 aromatic carbocycles. The van der Waals surface area contributed by atoms with Crippen LogP contribution in [0.25, 0.3) is 0 Å². The second-order valence-corrected chi connectivity index (χ2v) is 6.13. The largest absolute Gasteiger partial charge is 0.313 e. The van der Waals surface area contributed by atoms with Crippen LogP contribution in [0.2, 0.25) is 0 Å². The van der Waals surface area contributed by atoms with Crippen LogP contribution in [-0.2, 0) is 0 Å². The molecule has 2 unspecified atom stereocenters. The van der Waals surface area contributed by atoms with E-state index >= 15 is 0 Å². The van der Waals surface area contributed by atoms with Crippen LogP contribution in [0.15, 0.2) is 0 Å². The van der Waals surface area contributed by atoms with E-state index < -0.39 is 0 Å². The van der Waals surface area contributed by atoms with Crippen LogP contribution in [0, 0.1) is 11.8 Å². The van der Waals surface area contributed by atoms with Crippen molar-refractivity contribution in [1.82, 2.24) is 10.2 Å². The zero-order valence-electron chi connectivity index (χ0n) is 11.8. The SMILES string of the molecule is CCC1CCCN(CCNC(C)C2CC2)CC1. The molecule has 0 aromatic heterocycles. The van der Waals surface area contributed by atoms with Crippen molar-refractivity contribution in [1.29, 1.82) is 0 Å². The summed E-state index contributed by atoms with van der Waals surface area (Å²) < 4.78 is 0. The molecule has 100 valence electrons. The zero-order valence-corrected chi connectivity index (χ0v) is 11.8. The van der Waals surface area contributed by atoms with Gasteiger partial charge in [-0.3, -0.25) is 0 Å². The maximum Gasteiger partial charge on any atom is 0.0107 e. The van der Waals surface area contributed by atoms with Crippen molar-refractivity contribution in [3.63, 3.8) is 0 Å². The van der Waals surface area contributed by atoms with Crippen LogP contribution in [0.3, 0.4) is 0 Å². The molecular weight excluding hydrogens is 208 g/mol. The summed E-state index contributed by atoms with van der Waals surface area (Å²) in [5, 5.41) is 3.70. The summed E-state index contributed by atoms with van der Waals surface area (Å²) in [6.07, 6.45) is 8.58. The lowest BCUT2D eigenvalue weighted by atomic mass is 9.98. The van der Waals surface area contributed by atoms with Gasteiger partial charge in [-0.1, -0.05) is 13.3 Å². The molecule has 0 radical (unpaired) electrons. The second-order valence-electron chi connectivity index (χ2n) is 6.13. The monoisotopic (exact) mass is 238 g/mol. The number of rotatable bonds is 6. The molecule has 0 aromatic rings. The van der Waals surface area contributed by atoms with Gasteiger partial charge < -0.3 is 10.2 Å². The van der Waals surface area contributed by atoms with Crippen LogP contribution in [0.1, 0.15) is 52.4 Å². The van der Waals surface area contributed by atoms with Crippen molar-refractivity contribution in [2.75, 3.05) is 26.2 Å². The lowest BCUT2D eigenvalue weighted by molar-refractivity contribution is 0.273. The first-order valence-electron chi connectivity index (χ1n) is 7.75. The van der Waals surface area contributed by atoms with Gasteiger partial charge in [0.25, 0.3) is 0 Å². The molecule has 1 aliphatic carbocycles. The van der Waals surface area contributed by atoms with E-state index in [9.17, 15) is 0 Å². The molecule has 2 aliphatic rings. The van der Waals surface area contributed by atoms with E-state index in [0.29, 0.717) is 0 Å². The molecule has 2 heteroatoms. The smallest absolute Gasteiger partial charge is 0.0107 e. The molecule has 2 fully saturated rings. The minimum absolute atomic E-state index is 0.755. The summed E-state index contributed by atoms with van der Waals surface area (Å²) in [6, 6.07) is 0.755. The lowest BCUT2D eigenvalue weighted by Crippen LogP contribution is -2.37. The highest BCUT2D eigenvalue weighted by Crippen LogP contribution is 2.32. The second kappa shape index (κ2) is 6.75. The fourth-order valence-electron chi connectivity index (χ4n) is 3.07. The van der Waals surface area contributed by atoms with Crippen molar-refractivity contribution in [3.05, 3.63) is 0 Å².